The van der Waals surface area contributed by atoms with Crippen molar-refractivity contribution in [3.63, 3.8) is 0 Å². The van der Waals surface area contributed by atoms with E-state index >= 15 is 0 Å². The van der Waals surface area contributed by atoms with E-state index in [4.69, 9.17) is 0 Å². The summed E-state index contributed by atoms with van der Waals surface area (Å²) >= 11 is 0. The Bertz CT molecular complexity index is 1300. The van der Waals surface area contributed by atoms with Gasteiger partial charge in [-0.25, -0.2) is 0 Å². The van der Waals surface area contributed by atoms with Crippen LogP contribution >= 0.6 is 7.05 Å². The van der Waals surface area contributed by atoms with E-state index in [2.05, 4.69) is 9.96 Å². The lowest BCUT2D eigenvalue weighted by molar-refractivity contribution is 1.12. The first kappa shape index (κ1) is 18.7. The Morgan fingerprint density at radius 3 is 1.34 bits per heavy atom. The number of aromatic nitrogens is 1. The monoisotopic (exact) mass is 401 g/mol. The van der Waals surface area contributed by atoms with Crippen molar-refractivity contribution in [1.82, 2.24) is 4.98 Å². The van der Waals surface area contributed by atoms with Gasteiger partial charge in [0.05, 0.1) is 7.05 Å². The molecule has 0 bridgehead atoms. The minimum atomic E-state index is -2.68. The van der Waals surface area contributed by atoms with Crippen LogP contribution in [-0.2, 0) is 0 Å². The normalized spacial score (nSPS) is 12.1. The molecule has 7 heteroatoms. The first-order chi connectivity index (χ1) is 14.1. The van der Waals surface area contributed by atoms with Crippen LogP contribution in [0.3, 0.4) is 0 Å². The molecule has 0 aliphatic heterocycles. The van der Waals surface area contributed by atoms with Crippen molar-refractivity contribution in [3.05, 3.63) is 127 Å². The van der Waals surface area contributed by atoms with Crippen molar-refractivity contribution in [2.75, 3.05) is 0 Å². The minimum Gasteiger partial charge on any atom is -0.284 e. The average molecular weight is 401 g/mol. The molecule has 1 heterocycles. The standard InChI is InChI=1S/C22H16N3O3P/c26-20-19(21(27)23-22(20)28)24-25-29(16-10-4-1-5-11-16,17-12-6-2-7-13-17)18-14-8-3-9-15-18/h1-15H,(H,23,27,28)/b24-19-. The van der Waals surface area contributed by atoms with Crippen molar-refractivity contribution in [1.29, 1.82) is 0 Å². The summed E-state index contributed by atoms with van der Waals surface area (Å²) in [5.74, 6) is 0. The second kappa shape index (κ2) is 7.78. The predicted molar refractivity (Wildman–Crippen MR) is 115 cm³/mol. The molecule has 0 aliphatic carbocycles. The Morgan fingerprint density at radius 1 is 0.586 bits per heavy atom. The van der Waals surface area contributed by atoms with Crippen molar-refractivity contribution in [3.8, 4) is 0 Å². The number of H-pyrrole nitrogens is 1. The van der Waals surface area contributed by atoms with E-state index in [0.717, 1.165) is 15.9 Å². The molecular formula is C22H16N3O3P. The highest BCUT2D eigenvalue weighted by Gasteiger charge is 2.27. The molecule has 0 radical (unpaired) electrons. The molecule has 4 aromatic rings. The van der Waals surface area contributed by atoms with Gasteiger partial charge >= 0.3 is 5.56 Å². The number of hydrogen-bond acceptors (Lipinski definition) is 4. The van der Waals surface area contributed by atoms with Gasteiger partial charge in [-0.3, -0.25) is 19.4 Å². The van der Waals surface area contributed by atoms with Gasteiger partial charge in [-0.15, -0.1) is 5.10 Å². The summed E-state index contributed by atoms with van der Waals surface area (Å²) in [5, 5.41) is 6.31. The van der Waals surface area contributed by atoms with E-state index in [0.29, 0.717) is 0 Å². The van der Waals surface area contributed by atoms with Crippen molar-refractivity contribution < 1.29 is 0 Å². The van der Waals surface area contributed by atoms with Crippen LogP contribution in [0.5, 0.6) is 0 Å². The molecule has 29 heavy (non-hydrogen) atoms. The first-order valence-corrected chi connectivity index (χ1v) is 10.6. The smallest absolute Gasteiger partial charge is 0.284 e. The Balaban J connectivity index is 2.19. The maximum atomic E-state index is 12.0. The molecule has 0 aliphatic rings. The van der Waals surface area contributed by atoms with Gasteiger partial charge in [0.2, 0.25) is 5.36 Å². The zero-order chi connectivity index (χ0) is 20.3. The minimum absolute atomic E-state index is 0.484. The fourth-order valence-electron chi connectivity index (χ4n) is 3.17. The van der Waals surface area contributed by atoms with Crippen LogP contribution in [0.25, 0.3) is 0 Å². The Morgan fingerprint density at radius 2 is 1.00 bits per heavy atom. The van der Waals surface area contributed by atoms with Crippen molar-refractivity contribution >= 4 is 23.0 Å². The molecular weight excluding hydrogens is 385 g/mol. The summed E-state index contributed by atoms with van der Waals surface area (Å²) in [5.41, 5.74) is -2.77. The third-order valence-corrected chi connectivity index (χ3v) is 8.03. The number of rotatable bonds is 4. The summed E-state index contributed by atoms with van der Waals surface area (Å²) in [7, 11) is -2.68. The second-order valence-corrected chi connectivity index (χ2v) is 9.29. The molecule has 0 fully saturated rings. The third-order valence-electron chi connectivity index (χ3n) is 4.53. The Labute approximate surface area is 165 Å². The van der Waals surface area contributed by atoms with Crippen LogP contribution in [0, 0.1) is 0 Å². The molecule has 1 N–H and O–H groups in total. The molecule has 3 aromatic carbocycles. The number of nitrogens with zero attached hydrogens (tertiary/aromatic N) is 2. The fraction of sp³-hybridized carbons (Fsp3) is 0. The van der Waals surface area contributed by atoms with Crippen LogP contribution in [0.4, 0.5) is 0 Å². The summed E-state index contributed by atoms with van der Waals surface area (Å²) < 4.78 is 0. The number of hydrogen-bond donors (Lipinski definition) is 1. The highest BCUT2D eigenvalue weighted by Crippen LogP contribution is 2.46. The van der Waals surface area contributed by atoms with E-state index in [-0.39, 0.29) is 0 Å². The highest BCUT2D eigenvalue weighted by molar-refractivity contribution is 7.87. The van der Waals surface area contributed by atoms with Crippen LogP contribution in [0.15, 0.2) is 115 Å². The Kier molecular flexibility index (Phi) is 5.02. The molecule has 0 saturated heterocycles. The van der Waals surface area contributed by atoms with Gasteiger partial charge in [-0.1, -0.05) is 91.0 Å². The quantitative estimate of drug-likeness (QED) is 0.314. The lowest BCUT2D eigenvalue weighted by Crippen LogP contribution is -2.36. The molecule has 0 unspecified atom stereocenters. The van der Waals surface area contributed by atoms with Gasteiger partial charge in [0.25, 0.3) is 11.0 Å². The molecule has 0 saturated carbocycles. The van der Waals surface area contributed by atoms with Gasteiger partial charge in [-0.2, -0.15) is 4.85 Å². The van der Waals surface area contributed by atoms with Gasteiger partial charge in [0, 0.05) is 15.9 Å². The summed E-state index contributed by atoms with van der Waals surface area (Å²) in [6.07, 6.45) is 0. The zero-order valence-corrected chi connectivity index (χ0v) is 16.1. The van der Waals surface area contributed by atoms with E-state index in [9.17, 15) is 14.4 Å². The number of nitrogens with one attached hydrogen (secondary N) is 1. The number of aromatic amines is 1. The van der Waals surface area contributed by atoms with Crippen LogP contribution in [0.2, 0.25) is 0 Å². The van der Waals surface area contributed by atoms with E-state index < -0.39 is 29.0 Å². The van der Waals surface area contributed by atoms with Crippen molar-refractivity contribution in [2.45, 2.75) is 0 Å². The van der Waals surface area contributed by atoms with Gasteiger partial charge in [0.1, 0.15) is 0 Å². The van der Waals surface area contributed by atoms with Crippen LogP contribution < -0.4 is 37.8 Å². The topological polar surface area (TPSA) is 91.7 Å². The van der Waals surface area contributed by atoms with Gasteiger partial charge < -0.3 is 0 Å². The molecule has 4 rings (SSSR count). The van der Waals surface area contributed by atoms with E-state index in [1.807, 2.05) is 96.0 Å². The fourth-order valence-corrected chi connectivity index (χ4v) is 6.40. The lowest BCUT2D eigenvalue weighted by atomic mass is 10.4. The van der Waals surface area contributed by atoms with Gasteiger partial charge in [-0.05, 0) is 0 Å². The summed E-state index contributed by atoms with van der Waals surface area (Å²) in [6, 6.07) is 28.9. The SMILES string of the molecule is O=c1[nH]c(=O)/c(=N\N=P(c2ccccc2)(c2ccccc2)c2ccccc2)c1=O. The molecule has 0 spiro atoms. The first-order valence-electron chi connectivity index (χ1n) is 8.89. The molecule has 142 valence electrons. The van der Waals surface area contributed by atoms with E-state index in [1.165, 1.54) is 0 Å². The lowest BCUT2D eigenvalue weighted by Gasteiger charge is -2.24. The molecule has 0 amide bonds. The predicted octanol–water partition coefficient (Wildman–Crippen LogP) is 0.964. The maximum absolute atomic E-state index is 12.0. The molecule has 0 atom stereocenters. The highest BCUT2D eigenvalue weighted by atomic mass is 31.2. The van der Waals surface area contributed by atoms with Crippen LogP contribution in [0.1, 0.15) is 0 Å². The van der Waals surface area contributed by atoms with Crippen molar-refractivity contribution in [2.24, 2.45) is 9.96 Å². The average Bonchev–Trinajstić information content (AvgIpc) is 3.02. The number of benzene rings is 3. The summed E-state index contributed by atoms with van der Waals surface area (Å²) in [6.45, 7) is 0. The van der Waals surface area contributed by atoms with Crippen LogP contribution in [-0.4, -0.2) is 4.98 Å². The summed E-state index contributed by atoms with van der Waals surface area (Å²) in [4.78, 5) is 42.2. The zero-order valence-electron chi connectivity index (χ0n) is 15.2. The molecule has 1 aromatic heterocycles. The van der Waals surface area contributed by atoms with E-state index in [1.54, 1.807) is 0 Å². The maximum Gasteiger partial charge on any atom is 0.301 e. The largest absolute Gasteiger partial charge is 0.301 e. The second-order valence-electron chi connectivity index (χ2n) is 6.29. The Hall–Kier alpha value is -3.63. The third kappa shape index (κ3) is 3.35. The van der Waals surface area contributed by atoms with Gasteiger partial charge in [0.15, 0.2) is 0 Å². The molecule has 6 nitrogen and oxygen atoms in total.